The van der Waals surface area contributed by atoms with Gasteiger partial charge in [-0.05, 0) is 12.1 Å². The van der Waals surface area contributed by atoms with Crippen molar-refractivity contribution < 1.29 is 13.5 Å². The second kappa shape index (κ2) is 6.80. The molecule has 0 bridgehead atoms. The van der Waals surface area contributed by atoms with Crippen LogP contribution in [0.25, 0.3) is 0 Å². The fourth-order valence-corrected chi connectivity index (χ4v) is 2.24. The Bertz CT molecular complexity index is 682. The molecule has 0 atom stereocenters. The zero-order valence-electron chi connectivity index (χ0n) is 12.3. The molecule has 122 valence electrons. The maximum absolute atomic E-state index is 13.2. The lowest BCUT2D eigenvalue weighted by atomic mass is 10.2. The van der Waals surface area contributed by atoms with Crippen LogP contribution in [0, 0.1) is 11.6 Å². The number of benzene rings is 1. The minimum atomic E-state index is -0.953. The van der Waals surface area contributed by atoms with Gasteiger partial charge in [-0.3, -0.25) is 10.3 Å². The molecule has 2 aliphatic rings. The predicted molar refractivity (Wildman–Crippen MR) is 83.7 cm³/mol. The molecule has 23 heavy (non-hydrogen) atoms. The van der Waals surface area contributed by atoms with Gasteiger partial charge in [-0.25, -0.2) is 8.78 Å². The Morgan fingerprint density at radius 1 is 1.22 bits per heavy atom. The van der Waals surface area contributed by atoms with Gasteiger partial charge in [-0.2, -0.15) is 5.10 Å². The summed E-state index contributed by atoms with van der Waals surface area (Å²) in [5.41, 5.74) is 9.76. The number of hydrogen-bond donors (Lipinski definition) is 2. The maximum Gasteiger partial charge on any atom is 0.175 e. The van der Waals surface area contributed by atoms with Crippen molar-refractivity contribution in [2.24, 2.45) is 21.0 Å². The molecule has 0 aliphatic carbocycles. The summed E-state index contributed by atoms with van der Waals surface area (Å²) in [7, 11) is 0. The Kier molecular flexibility index (Phi) is 4.58. The van der Waals surface area contributed by atoms with Crippen molar-refractivity contribution in [3.05, 3.63) is 29.8 Å². The number of rotatable bonds is 4. The molecule has 1 aromatic carbocycles. The second-order valence-electron chi connectivity index (χ2n) is 5.12. The average Bonchev–Trinajstić information content (AvgIpc) is 2.90. The summed E-state index contributed by atoms with van der Waals surface area (Å²) in [6.07, 6.45) is 0. The summed E-state index contributed by atoms with van der Waals surface area (Å²) in [4.78, 5) is 2.16. The molecule has 0 saturated carbocycles. The number of hydrazone groups is 1. The van der Waals surface area contributed by atoms with Gasteiger partial charge in [0.1, 0.15) is 5.71 Å². The number of anilines is 1. The molecule has 0 radical (unpaired) electrons. The van der Waals surface area contributed by atoms with Crippen molar-refractivity contribution in [1.29, 1.82) is 0 Å². The molecule has 0 amide bonds. The topological polar surface area (TPSA) is 87.6 Å². The van der Waals surface area contributed by atoms with E-state index in [-0.39, 0.29) is 5.84 Å². The van der Waals surface area contributed by atoms with Crippen molar-refractivity contribution in [3.63, 3.8) is 0 Å². The fourth-order valence-electron chi connectivity index (χ4n) is 2.24. The van der Waals surface area contributed by atoms with Gasteiger partial charge in [0, 0.05) is 25.7 Å². The fraction of sp³-hybridized carbons (Fsp3) is 0.357. The second-order valence-corrected chi connectivity index (χ2v) is 5.12. The van der Waals surface area contributed by atoms with E-state index in [4.69, 9.17) is 10.5 Å². The minimum Gasteiger partial charge on any atom is -0.380 e. The molecular formula is C14H16F2N6O. The van der Waals surface area contributed by atoms with Crippen molar-refractivity contribution in [1.82, 2.24) is 4.90 Å². The standard InChI is InChI=1S/C14H16F2N6O/c15-10-2-1-9(7-11(10)16)18-20-13-12(19-21-14(13)17)8-22-3-5-23-6-4-22/h1-2,7,18H,3-6,8H2,(H2,17,20,21). The Hall–Kier alpha value is -2.39. The number of halogens is 2. The van der Waals surface area contributed by atoms with E-state index in [1.54, 1.807) is 0 Å². The molecule has 3 N–H and O–H groups in total. The zero-order valence-corrected chi connectivity index (χ0v) is 12.3. The third-order valence-corrected chi connectivity index (χ3v) is 3.49. The molecule has 2 aliphatic heterocycles. The van der Waals surface area contributed by atoms with Crippen molar-refractivity contribution >= 4 is 22.9 Å². The SMILES string of the molecule is NC1=NN=C(CN2CCOCC2)/C1=N\Nc1ccc(F)c(F)c1. The molecule has 0 unspecified atom stereocenters. The summed E-state index contributed by atoms with van der Waals surface area (Å²) in [6, 6.07) is 3.41. The number of nitrogens with zero attached hydrogens (tertiary/aromatic N) is 4. The highest BCUT2D eigenvalue weighted by Gasteiger charge is 2.23. The van der Waals surface area contributed by atoms with E-state index in [1.165, 1.54) is 6.07 Å². The average molecular weight is 322 g/mol. The smallest absolute Gasteiger partial charge is 0.175 e. The zero-order chi connectivity index (χ0) is 16.2. The quantitative estimate of drug-likeness (QED) is 0.803. The van der Waals surface area contributed by atoms with Gasteiger partial charge in [-0.15, -0.1) is 10.2 Å². The molecule has 0 aromatic heterocycles. The van der Waals surface area contributed by atoms with E-state index in [9.17, 15) is 8.78 Å². The predicted octanol–water partition coefficient (Wildman–Crippen LogP) is 0.792. The van der Waals surface area contributed by atoms with Gasteiger partial charge in [0.05, 0.1) is 18.9 Å². The number of nitrogens with one attached hydrogen (secondary N) is 1. The molecule has 1 aromatic rings. The van der Waals surface area contributed by atoms with Gasteiger partial charge >= 0.3 is 0 Å². The van der Waals surface area contributed by atoms with E-state index in [1.807, 2.05) is 0 Å². The largest absolute Gasteiger partial charge is 0.380 e. The van der Waals surface area contributed by atoms with Crippen LogP contribution in [0.3, 0.4) is 0 Å². The van der Waals surface area contributed by atoms with E-state index in [0.29, 0.717) is 36.9 Å². The summed E-state index contributed by atoms with van der Waals surface area (Å²) in [5, 5.41) is 12.0. The third kappa shape index (κ3) is 3.69. The summed E-state index contributed by atoms with van der Waals surface area (Å²) in [6.45, 7) is 3.48. The Morgan fingerprint density at radius 3 is 2.74 bits per heavy atom. The lowest BCUT2D eigenvalue weighted by molar-refractivity contribution is 0.0454. The first kappa shape index (κ1) is 15.5. The highest BCUT2D eigenvalue weighted by Crippen LogP contribution is 2.13. The van der Waals surface area contributed by atoms with Crippen LogP contribution in [-0.2, 0) is 4.74 Å². The Morgan fingerprint density at radius 2 is 2.00 bits per heavy atom. The van der Waals surface area contributed by atoms with Crippen molar-refractivity contribution in [2.45, 2.75) is 0 Å². The number of ether oxygens (including phenoxy) is 1. The van der Waals surface area contributed by atoms with Crippen molar-refractivity contribution in [2.75, 3.05) is 38.3 Å². The van der Waals surface area contributed by atoms with Crippen LogP contribution in [0.4, 0.5) is 14.5 Å². The molecule has 7 nitrogen and oxygen atoms in total. The molecule has 9 heteroatoms. The molecule has 1 fully saturated rings. The van der Waals surface area contributed by atoms with Crippen LogP contribution < -0.4 is 11.2 Å². The highest BCUT2D eigenvalue weighted by molar-refractivity contribution is 6.69. The number of nitrogens with two attached hydrogens (primary N) is 1. The van der Waals surface area contributed by atoms with Crippen LogP contribution in [0.15, 0.2) is 33.5 Å². The van der Waals surface area contributed by atoms with Crippen LogP contribution in [0.2, 0.25) is 0 Å². The Balaban J connectivity index is 1.69. The Labute approximate surface area is 131 Å². The van der Waals surface area contributed by atoms with E-state index >= 15 is 0 Å². The minimum absolute atomic E-state index is 0.184. The molecule has 0 spiro atoms. The lowest BCUT2D eigenvalue weighted by Gasteiger charge is -2.26. The molecule has 3 rings (SSSR count). The monoisotopic (exact) mass is 322 g/mol. The van der Waals surface area contributed by atoms with Crippen LogP contribution in [0.5, 0.6) is 0 Å². The van der Waals surface area contributed by atoms with Gasteiger partial charge in [0.2, 0.25) is 0 Å². The van der Waals surface area contributed by atoms with Crippen molar-refractivity contribution in [3.8, 4) is 0 Å². The normalized spacial score (nSPS) is 20.5. The number of hydrogen-bond acceptors (Lipinski definition) is 7. The van der Waals surface area contributed by atoms with Gasteiger partial charge in [0.15, 0.2) is 23.2 Å². The van der Waals surface area contributed by atoms with E-state index < -0.39 is 11.6 Å². The van der Waals surface area contributed by atoms with E-state index in [2.05, 4.69) is 25.6 Å². The number of morpholine rings is 1. The highest BCUT2D eigenvalue weighted by atomic mass is 19.2. The first-order valence-corrected chi connectivity index (χ1v) is 7.13. The van der Waals surface area contributed by atoms with Gasteiger partial charge in [0.25, 0.3) is 0 Å². The third-order valence-electron chi connectivity index (χ3n) is 3.49. The van der Waals surface area contributed by atoms with Gasteiger partial charge in [-0.1, -0.05) is 0 Å². The molecule has 2 heterocycles. The number of amidine groups is 1. The van der Waals surface area contributed by atoms with Crippen LogP contribution in [0.1, 0.15) is 0 Å². The summed E-state index contributed by atoms with van der Waals surface area (Å²) in [5.74, 6) is -1.69. The van der Waals surface area contributed by atoms with Crippen LogP contribution >= 0.6 is 0 Å². The molecular weight excluding hydrogens is 306 g/mol. The molecule has 1 saturated heterocycles. The lowest BCUT2D eigenvalue weighted by Crippen LogP contribution is -2.42. The summed E-state index contributed by atoms with van der Waals surface area (Å²) < 4.78 is 31.4. The van der Waals surface area contributed by atoms with Gasteiger partial charge < -0.3 is 10.5 Å². The van der Waals surface area contributed by atoms with E-state index in [0.717, 1.165) is 25.2 Å². The summed E-state index contributed by atoms with van der Waals surface area (Å²) >= 11 is 0. The van der Waals surface area contributed by atoms with Crippen LogP contribution in [-0.4, -0.2) is 55.0 Å². The first-order chi connectivity index (χ1) is 11.1. The first-order valence-electron chi connectivity index (χ1n) is 7.13. The maximum atomic E-state index is 13.2.